The molecule has 0 fully saturated rings. The van der Waals surface area contributed by atoms with Gasteiger partial charge in [0.05, 0.1) is 0 Å². The highest BCUT2D eigenvalue weighted by Gasteiger charge is 2.22. The van der Waals surface area contributed by atoms with E-state index in [-0.39, 0.29) is 0 Å². The van der Waals surface area contributed by atoms with Crippen LogP contribution < -0.4 is 0 Å². The third-order valence-electron chi connectivity index (χ3n) is 4.16. The Kier molecular flexibility index (Phi) is 4.27. The van der Waals surface area contributed by atoms with E-state index in [0.717, 1.165) is 5.92 Å². The van der Waals surface area contributed by atoms with Crippen LogP contribution in [0.25, 0.3) is 0 Å². The molecule has 2 unspecified atom stereocenters. The van der Waals surface area contributed by atoms with E-state index in [1.807, 2.05) is 0 Å². The molecule has 18 heavy (non-hydrogen) atoms. The van der Waals surface area contributed by atoms with Gasteiger partial charge in [-0.3, -0.25) is 0 Å². The van der Waals surface area contributed by atoms with E-state index in [1.54, 1.807) is 5.57 Å². The minimum Gasteiger partial charge on any atom is -0.0840 e. The van der Waals surface area contributed by atoms with E-state index in [1.165, 1.54) is 25.7 Å². The quantitative estimate of drug-likeness (QED) is 0.617. The molecule has 0 amide bonds. The van der Waals surface area contributed by atoms with Gasteiger partial charge in [-0.05, 0) is 42.9 Å². The van der Waals surface area contributed by atoms with Gasteiger partial charge in [-0.2, -0.15) is 0 Å². The standard InChI is InChI=1S/C18H26/c1-18(2,3)17-13-11-16(12-14-17)10-9-15-7-5-4-6-8-15/h4-7,11-13,15,17H,8-10,14H2,1-3H3. The van der Waals surface area contributed by atoms with Crippen LogP contribution in [0.3, 0.4) is 0 Å². The summed E-state index contributed by atoms with van der Waals surface area (Å²) < 4.78 is 0. The molecule has 0 radical (unpaired) electrons. The third-order valence-corrected chi connectivity index (χ3v) is 4.16. The highest BCUT2D eigenvalue weighted by atomic mass is 14.3. The molecule has 0 saturated heterocycles. The van der Waals surface area contributed by atoms with Crippen molar-refractivity contribution in [1.29, 1.82) is 0 Å². The summed E-state index contributed by atoms with van der Waals surface area (Å²) >= 11 is 0. The molecule has 2 aliphatic carbocycles. The summed E-state index contributed by atoms with van der Waals surface area (Å²) in [5, 5.41) is 0. The predicted molar refractivity (Wildman–Crippen MR) is 80.4 cm³/mol. The van der Waals surface area contributed by atoms with Gasteiger partial charge in [-0.15, -0.1) is 0 Å². The van der Waals surface area contributed by atoms with Crippen molar-refractivity contribution in [2.24, 2.45) is 17.3 Å². The molecule has 0 heteroatoms. The van der Waals surface area contributed by atoms with Crippen molar-refractivity contribution < 1.29 is 0 Å². The summed E-state index contributed by atoms with van der Waals surface area (Å²) in [5.74, 6) is 1.46. The molecule has 2 rings (SSSR count). The summed E-state index contributed by atoms with van der Waals surface area (Å²) in [4.78, 5) is 0. The van der Waals surface area contributed by atoms with Gasteiger partial charge in [0.2, 0.25) is 0 Å². The van der Waals surface area contributed by atoms with Crippen LogP contribution in [-0.2, 0) is 0 Å². The van der Waals surface area contributed by atoms with E-state index >= 15 is 0 Å². The van der Waals surface area contributed by atoms with E-state index < -0.39 is 0 Å². The SMILES string of the molecule is CC(C)(C)C1C=CC(CCC2C=CC=CC2)=CC1. The summed E-state index contributed by atoms with van der Waals surface area (Å²) in [6, 6.07) is 0. The average molecular weight is 242 g/mol. The highest BCUT2D eigenvalue weighted by Crippen LogP contribution is 2.34. The van der Waals surface area contributed by atoms with Crippen molar-refractivity contribution in [2.75, 3.05) is 0 Å². The summed E-state index contributed by atoms with van der Waals surface area (Å²) in [6.45, 7) is 7.00. The minimum absolute atomic E-state index is 0.398. The monoisotopic (exact) mass is 242 g/mol. The van der Waals surface area contributed by atoms with Crippen molar-refractivity contribution >= 4 is 0 Å². The zero-order chi connectivity index (χ0) is 13.0. The molecule has 0 N–H and O–H groups in total. The molecule has 0 aromatic heterocycles. The van der Waals surface area contributed by atoms with Crippen LogP contribution >= 0.6 is 0 Å². The van der Waals surface area contributed by atoms with Crippen LogP contribution in [0, 0.1) is 17.3 Å². The Bertz CT molecular complexity index is 385. The molecule has 0 aromatic carbocycles. The maximum absolute atomic E-state index is 2.46. The second-order valence-corrected chi connectivity index (χ2v) is 6.69. The first-order valence-corrected chi connectivity index (χ1v) is 7.26. The van der Waals surface area contributed by atoms with Crippen molar-refractivity contribution in [3.05, 3.63) is 48.1 Å². The zero-order valence-electron chi connectivity index (χ0n) is 12.0. The van der Waals surface area contributed by atoms with E-state index in [9.17, 15) is 0 Å². The fourth-order valence-electron chi connectivity index (χ4n) is 2.69. The number of hydrogen-bond acceptors (Lipinski definition) is 0. The van der Waals surface area contributed by atoms with Crippen molar-refractivity contribution in [1.82, 2.24) is 0 Å². The molecule has 0 aromatic rings. The molecule has 0 spiro atoms. The maximum atomic E-state index is 2.46. The normalized spacial score (nSPS) is 27.4. The second kappa shape index (κ2) is 5.73. The van der Waals surface area contributed by atoms with Gasteiger partial charge in [0.15, 0.2) is 0 Å². The maximum Gasteiger partial charge on any atom is -0.0147 e. The lowest BCUT2D eigenvalue weighted by Crippen LogP contribution is -2.19. The molecule has 2 atom stereocenters. The first kappa shape index (κ1) is 13.4. The summed E-state index contributed by atoms with van der Waals surface area (Å²) in [7, 11) is 0. The van der Waals surface area contributed by atoms with E-state index in [4.69, 9.17) is 0 Å². The Morgan fingerprint density at radius 2 is 1.94 bits per heavy atom. The fourth-order valence-corrected chi connectivity index (χ4v) is 2.69. The van der Waals surface area contributed by atoms with Crippen LogP contribution in [0.2, 0.25) is 0 Å². The first-order chi connectivity index (χ1) is 8.55. The lowest BCUT2D eigenvalue weighted by Gasteiger charge is -2.29. The van der Waals surface area contributed by atoms with Gasteiger partial charge >= 0.3 is 0 Å². The van der Waals surface area contributed by atoms with E-state index in [2.05, 4.69) is 63.3 Å². The van der Waals surface area contributed by atoms with Crippen molar-refractivity contribution in [2.45, 2.75) is 46.5 Å². The number of allylic oxidation sites excluding steroid dienone is 8. The van der Waals surface area contributed by atoms with Crippen LogP contribution in [-0.4, -0.2) is 0 Å². The van der Waals surface area contributed by atoms with Gasteiger partial charge < -0.3 is 0 Å². The Labute approximate surface area is 112 Å². The Morgan fingerprint density at radius 3 is 2.50 bits per heavy atom. The largest absolute Gasteiger partial charge is 0.0840 e. The topological polar surface area (TPSA) is 0 Å². The molecule has 98 valence electrons. The molecule has 0 nitrogen and oxygen atoms in total. The molecular weight excluding hydrogens is 216 g/mol. The van der Waals surface area contributed by atoms with Crippen LogP contribution in [0.15, 0.2) is 48.1 Å². The molecule has 0 saturated carbocycles. The van der Waals surface area contributed by atoms with Crippen molar-refractivity contribution in [3.63, 3.8) is 0 Å². The Morgan fingerprint density at radius 1 is 1.11 bits per heavy atom. The first-order valence-electron chi connectivity index (χ1n) is 7.26. The van der Waals surface area contributed by atoms with Crippen LogP contribution in [0.4, 0.5) is 0 Å². The summed E-state index contributed by atoms with van der Waals surface area (Å²) in [6.07, 6.45) is 21.2. The minimum atomic E-state index is 0.398. The van der Waals surface area contributed by atoms with Gasteiger partial charge in [-0.25, -0.2) is 0 Å². The molecule has 0 aliphatic heterocycles. The fraction of sp³-hybridized carbons (Fsp3) is 0.556. The van der Waals surface area contributed by atoms with Crippen molar-refractivity contribution in [3.8, 4) is 0 Å². The van der Waals surface area contributed by atoms with Crippen LogP contribution in [0.5, 0.6) is 0 Å². The smallest absolute Gasteiger partial charge is 0.0147 e. The average Bonchev–Trinajstić information content (AvgIpc) is 2.37. The molecule has 0 heterocycles. The van der Waals surface area contributed by atoms with E-state index in [0.29, 0.717) is 11.3 Å². The molecule has 2 aliphatic rings. The van der Waals surface area contributed by atoms with Gasteiger partial charge in [-0.1, -0.05) is 68.9 Å². The lowest BCUT2D eigenvalue weighted by molar-refractivity contribution is 0.292. The second-order valence-electron chi connectivity index (χ2n) is 6.69. The Hall–Kier alpha value is -1.04. The molecule has 0 bridgehead atoms. The highest BCUT2D eigenvalue weighted by molar-refractivity contribution is 5.25. The third kappa shape index (κ3) is 3.73. The predicted octanol–water partition coefficient (Wildman–Crippen LogP) is 5.45. The lowest BCUT2D eigenvalue weighted by atomic mass is 9.76. The number of hydrogen-bond donors (Lipinski definition) is 0. The number of rotatable bonds is 3. The van der Waals surface area contributed by atoms with Gasteiger partial charge in [0.1, 0.15) is 0 Å². The zero-order valence-corrected chi connectivity index (χ0v) is 12.0. The van der Waals surface area contributed by atoms with Gasteiger partial charge in [0, 0.05) is 0 Å². The van der Waals surface area contributed by atoms with Gasteiger partial charge in [0.25, 0.3) is 0 Å². The van der Waals surface area contributed by atoms with Crippen LogP contribution in [0.1, 0.15) is 46.5 Å². The summed E-state index contributed by atoms with van der Waals surface area (Å²) in [5.41, 5.74) is 1.94. The Balaban J connectivity index is 1.79. The molecular formula is C18H26.